The number of aromatic hydroxyl groups is 1. The fraction of sp³-hybridized carbons (Fsp3) is 0.769. The molecule has 32 heteroatoms. The smallest absolute Gasteiger partial charge is 0.306 e. The highest BCUT2D eigenvalue weighted by atomic mass is 32.2. The molecule has 5 atom stereocenters. The number of Topliss-reactive ketones (excluding diaryl/α,β-unsaturated/α-hetero) is 5. The number of hydrogen-bond acceptors (Lipinski definition) is 23. The van der Waals surface area contributed by atoms with Crippen molar-refractivity contribution in [1.82, 2.24) is 21.3 Å². The summed E-state index contributed by atoms with van der Waals surface area (Å²) in [6, 6.07) is 6.27. The molecule has 630 valence electrons. The number of phenolic OH excluding ortho intramolecular Hbond substituents is 1. The number of carboxylic acids is 1. The highest BCUT2D eigenvalue weighted by Gasteiger charge is 2.36. The van der Waals surface area contributed by atoms with E-state index in [9.17, 15) is 71.4 Å². The number of ether oxygens (including phenoxy) is 8. The third-order valence-electron chi connectivity index (χ3n) is 18.1. The topological polar surface area (TPSA) is 480 Å². The van der Waals surface area contributed by atoms with E-state index < -0.39 is 51.6 Å². The van der Waals surface area contributed by atoms with Gasteiger partial charge in [0.15, 0.2) is 5.78 Å². The summed E-state index contributed by atoms with van der Waals surface area (Å²) in [6.07, 6.45) is 17.0. The first-order chi connectivity index (χ1) is 52.7. The van der Waals surface area contributed by atoms with E-state index >= 15 is 0 Å². The maximum atomic E-state index is 14.3. The van der Waals surface area contributed by atoms with Crippen LogP contribution in [0.1, 0.15) is 213 Å². The van der Waals surface area contributed by atoms with Gasteiger partial charge >= 0.3 is 5.97 Å². The van der Waals surface area contributed by atoms with E-state index in [0.717, 1.165) is 70.6 Å². The predicted molar refractivity (Wildman–Crippen MR) is 412 cm³/mol. The molecule has 1 unspecified atom stereocenters. The lowest BCUT2D eigenvalue weighted by Crippen LogP contribution is -2.36. The Morgan fingerprint density at radius 2 is 0.864 bits per heavy atom. The summed E-state index contributed by atoms with van der Waals surface area (Å²) < 4.78 is 73.6. The van der Waals surface area contributed by atoms with Crippen LogP contribution in [0.15, 0.2) is 24.3 Å². The second kappa shape index (κ2) is 65.8. The van der Waals surface area contributed by atoms with Crippen LogP contribution >= 0.6 is 0 Å². The minimum absolute atomic E-state index is 0.0130. The first-order valence-electron chi connectivity index (χ1n) is 39.5. The molecule has 0 heterocycles. The highest BCUT2D eigenvalue weighted by molar-refractivity contribution is 7.85. The van der Waals surface area contributed by atoms with Crippen LogP contribution in [0.2, 0.25) is 0 Å². The van der Waals surface area contributed by atoms with Gasteiger partial charge in [0, 0.05) is 108 Å². The fourth-order valence-electron chi connectivity index (χ4n) is 12.0. The van der Waals surface area contributed by atoms with Gasteiger partial charge in [0.2, 0.25) is 29.5 Å². The molecular formula is C78H133N7O24S. The molecule has 1 aromatic carbocycles. The number of nitrogens with two attached hydrogens (primary N) is 2. The zero-order valence-corrected chi connectivity index (χ0v) is 66.6. The molecule has 0 aliphatic rings. The maximum Gasteiger partial charge on any atom is 0.306 e. The van der Waals surface area contributed by atoms with E-state index in [-0.39, 0.29) is 239 Å². The monoisotopic (exact) mass is 1580 g/mol. The van der Waals surface area contributed by atoms with Gasteiger partial charge in [-0.3, -0.25) is 62.7 Å². The van der Waals surface area contributed by atoms with Crippen molar-refractivity contribution in [2.45, 2.75) is 213 Å². The fourth-order valence-corrected chi connectivity index (χ4v) is 12.6. The van der Waals surface area contributed by atoms with Gasteiger partial charge in [0.1, 0.15) is 55.3 Å². The second-order valence-corrected chi connectivity index (χ2v) is 30.0. The van der Waals surface area contributed by atoms with E-state index in [4.69, 9.17) is 59.3 Å². The van der Waals surface area contributed by atoms with Crippen molar-refractivity contribution >= 4 is 80.4 Å². The number of carboxylic acid groups (broad SMARTS) is 1. The largest absolute Gasteiger partial charge is 0.508 e. The van der Waals surface area contributed by atoms with Crippen LogP contribution in [0.5, 0.6) is 5.75 Å². The molecule has 0 saturated carbocycles. The van der Waals surface area contributed by atoms with Crippen molar-refractivity contribution in [3.63, 3.8) is 0 Å². The summed E-state index contributed by atoms with van der Waals surface area (Å²) in [5.74, 6) is -7.93. The van der Waals surface area contributed by atoms with Crippen molar-refractivity contribution in [2.24, 2.45) is 47.0 Å². The van der Waals surface area contributed by atoms with Gasteiger partial charge in [-0.25, -0.2) is 0 Å². The second-order valence-electron chi connectivity index (χ2n) is 28.4. The Hall–Kier alpha value is -6.75. The van der Waals surface area contributed by atoms with Crippen LogP contribution in [-0.2, 0) is 107 Å². The zero-order valence-electron chi connectivity index (χ0n) is 65.8. The molecule has 0 saturated heterocycles. The summed E-state index contributed by atoms with van der Waals surface area (Å²) in [6.45, 7) is 8.12. The molecule has 1 rings (SSSR count). The molecule has 5 amide bonds. The lowest BCUT2D eigenvalue weighted by atomic mass is 9.75. The molecule has 0 bridgehead atoms. The number of aliphatic carboxylic acids is 1. The number of carbonyl (C=O) groups is 11. The van der Waals surface area contributed by atoms with Crippen LogP contribution in [0.3, 0.4) is 0 Å². The van der Waals surface area contributed by atoms with E-state index in [2.05, 4.69) is 21.3 Å². The number of amides is 5. The molecule has 0 aromatic heterocycles. The molecule has 0 aliphatic carbocycles. The number of hydrogen-bond donors (Lipinski definition) is 10. The maximum absolute atomic E-state index is 14.3. The van der Waals surface area contributed by atoms with Crippen molar-refractivity contribution in [3.8, 4) is 5.75 Å². The Labute approximate surface area is 651 Å². The minimum atomic E-state index is -3.86. The number of benzene rings is 1. The third kappa shape index (κ3) is 60.0. The minimum Gasteiger partial charge on any atom is -0.508 e. The van der Waals surface area contributed by atoms with Crippen LogP contribution < -0.4 is 32.7 Å². The van der Waals surface area contributed by atoms with E-state index in [1.807, 2.05) is 13.8 Å². The van der Waals surface area contributed by atoms with Gasteiger partial charge in [0.25, 0.3) is 10.1 Å². The number of primary amides is 1. The number of ketones is 5. The van der Waals surface area contributed by atoms with Gasteiger partial charge < -0.3 is 80.8 Å². The Balaban J connectivity index is 2.08. The molecule has 0 spiro atoms. The molecule has 12 N–H and O–H groups in total. The van der Waals surface area contributed by atoms with Crippen LogP contribution in [-0.4, -0.2) is 231 Å². The standard InChI is InChI=1S/C78H133N7O24S/c1-59(2)50-68(89)52-62(76(95)60(3)69(25-16-17-26-71(79)80)70(90)54-64(77(81)96)51-61-27-30-65(86)31-28-61)22-18-19-33-82-73(92)56-107-46-41-102-37-21-24-67(88)55-106-45-42-104-39-35-84-74(93)58-109-48-44-105-40-36-85-75(94)57-108-47-43-103-38-34-83-72(91)32-29-63(78(97)98)53-66(87)23-15-13-11-9-7-5-4-6-8-10-12-14-20-49-110(99,100)101/h27-28,30-31,59-60,62-64,69,86H,4-26,29,32-58H2,1-3H3,(H3,79,80)(H2,81,96)(H,82,92)(H,83,91)(H,84,93)(H,85,94)(H,97,98)(H,99,100,101)/t60?,62-,63-,64-,69-/m1/s1. The van der Waals surface area contributed by atoms with Gasteiger partial charge in [-0.15, -0.1) is 0 Å². The van der Waals surface area contributed by atoms with Crippen molar-refractivity contribution in [2.75, 3.05) is 138 Å². The summed E-state index contributed by atoms with van der Waals surface area (Å²) in [7, 11) is -3.86. The lowest BCUT2D eigenvalue weighted by molar-refractivity contribution is -0.144. The van der Waals surface area contributed by atoms with E-state index in [1.165, 1.54) is 12.1 Å². The van der Waals surface area contributed by atoms with Gasteiger partial charge in [0.05, 0.1) is 90.2 Å². The van der Waals surface area contributed by atoms with E-state index in [1.54, 1.807) is 19.1 Å². The average Bonchev–Trinajstić information content (AvgIpc) is 0.832. The SMILES string of the molecule is CC(C)CC(=O)C[C@@H](CCCCNC(=O)COCCOCCCC(=O)COCCOCCNC(=O)COCCOCCNC(=O)COCCOCCNC(=O)CC[C@H](CC(=O)CCCCCCCCCCCCCCCS(=O)(=O)O)C(=O)O)C(=O)C(C)[C@@H](CCCCC(=N)N)C(=O)C[C@@H](Cc1ccc(O)cc1)C(N)=O. The number of unbranched alkanes of at least 4 members (excludes halogenated alkanes) is 14. The normalized spacial score (nSPS) is 12.9. The van der Waals surface area contributed by atoms with Crippen molar-refractivity contribution < 1.29 is 114 Å². The molecule has 0 radical (unpaired) electrons. The Bertz CT molecular complexity index is 2890. The molecule has 31 nitrogen and oxygen atoms in total. The molecule has 0 fully saturated rings. The Morgan fingerprint density at radius 1 is 0.427 bits per heavy atom. The lowest BCUT2D eigenvalue weighted by Gasteiger charge is -2.27. The third-order valence-corrected chi connectivity index (χ3v) is 18.9. The van der Waals surface area contributed by atoms with Crippen molar-refractivity contribution in [3.05, 3.63) is 29.8 Å². The van der Waals surface area contributed by atoms with E-state index in [0.29, 0.717) is 95.8 Å². The highest BCUT2D eigenvalue weighted by Crippen LogP contribution is 2.31. The predicted octanol–water partition coefficient (Wildman–Crippen LogP) is 6.84. The number of nitrogens with one attached hydrogen (secondary N) is 5. The Kier molecular flexibility index (Phi) is 60.5. The summed E-state index contributed by atoms with van der Waals surface area (Å²) in [4.78, 5) is 140. The summed E-state index contributed by atoms with van der Waals surface area (Å²) >= 11 is 0. The molecule has 0 aliphatic heterocycles. The summed E-state index contributed by atoms with van der Waals surface area (Å²) in [5.41, 5.74) is 12.1. The van der Waals surface area contributed by atoms with Gasteiger partial charge in [-0.1, -0.05) is 116 Å². The van der Waals surface area contributed by atoms with Crippen LogP contribution in [0.4, 0.5) is 0 Å². The zero-order chi connectivity index (χ0) is 81.4. The molecule has 1 aromatic rings. The van der Waals surface area contributed by atoms with Crippen LogP contribution in [0, 0.1) is 40.9 Å². The summed E-state index contributed by atoms with van der Waals surface area (Å²) in [5, 5.41) is 37.8. The molecular weight excluding hydrogens is 1450 g/mol. The number of carbonyl (C=O) groups excluding carboxylic acids is 10. The quantitative estimate of drug-likeness (QED) is 0.0138. The molecule has 110 heavy (non-hydrogen) atoms. The first kappa shape index (κ1) is 101. The van der Waals surface area contributed by atoms with Crippen molar-refractivity contribution in [1.29, 1.82) is 5.41 Å². The van der Waals surface area contributed by atoms with Gasteiger partial charge in [-0.2, -0.15) is 8.42 Å². The number of amidine groups is 1. The Morgan fingerprint density at radius 3 is 1.35 bits per heavy atom. The average molecular weight is 1590 g/mol. The first-order valence-corrected chi connectivity index (χ1v) is 41.2. The number of phenols is 1. The van der Waals surface area contributed by atoms with Crippen LogP contribution in [0.25, 0.3) is 0 Å². The van der Waals surface area contributed by atoms with Gasteiger partial charge in [-0.05, 0) is 81.4 Å². The number of rotatable bonds is 78.